The van der Waals surface area contributed by atoms with Crippen molar-refractivity contribution >= 4 is 0 Å². The number of hydrogen-bond acceptors (Lipinski definition) is 5. The number of aromatic nitrogens is 2. The maximum atomic E-state index is 5.42. The minimum absolute atomic E-state index is 0.318. The molecule has 2 unspecified atom stereocenters. The van der Waals surface area contributed by atoms with Gasteiger partial charge in [-0.25, -0.2) is 0 Å². The predicted octanol–water partition coefficient (Wildman–Crippen LogP) is 0.901. The SMILES string of the molecule is CC1CCC(C)N1Cc1noc(CN)n1. The Kier molecular flexibility index (Phi) is 3.02. The minimum Gasteiger partial charge on any atom is -0.338 e. The Hall–Kier alpha value is -0.940. The third-order valence-corrected chi connectivity index (χ3v) is 3.14. The van der Waals surface area contributed by atoms with E-state index in [9.17, 15) is 0 Å². The second-order valence-electron chi connectivity index (χ2n) is 4.26. The van der Waals surface area contributed by atoms with Crippen LogP contribution in [0.4, 0.5) is 0 Å². The van der Waals surface area contributed by atoms with Crippen molar-refractivity contribution in [3.05, 3.63) is 11.7 Å². The highest BCUT2D eigenvalue weighted by atomic mass is 16.5. The van der Waals surface area contributed by atoms with Gasteiger partial charge in [0.15, 0.2) is 5.82 Å². The summed E-state index contributed by atoms with van der Waals surface area (Å²) in [5.74, 6) is 1.26. The van der Waals surface area contributed by atoms with Gasteiger partial charge in [-0.2, -0.15) is 4.98 Å². The van der Waals surface area contributed by atoms with Gasteiger partial charge in [-0.15, -0.1) is 0 Å². The van der Waals surface area contributed by atoms with E-state index in [1.165, 1.54) is 12.8 Å². The molecule has 0 bridgehead atoms. The highest BCUT2D eigenvalue weighted by Gasteiger charge is 2.28. The molecule has 2 heterocycles. The van der Waals surface area contributed by atoms with Gasteiger partial charge in [0.2, 0.25) is 5.89 Å². The summed E-state index contributed by atoms with van der Waals surface area (Å²) in [6.07, 6.45) is 2.51. The Morgan fingerprint density at radius 2 is 2.07 bits per heavy atom. The van der Waals surface area contributed by atoms with Crippen molar-refractivity contribution in [3.63, 3.8) is 0 Å². The first-order chi connectivity index (χ1) is 7.20. The van der Waals surface area contributed by atoms with Crippen LogP contribution in [0.25, 0.3) is 0 Å². The summed E-state index contributed by atoms with van der Waals surface area (Å²) < 4.78 is 4.98. The molecule has 0 radical (unpaired) electrons. The summed E-state index contributed by atoms with van der Waals surface area (Å²) in [7, 11) is 0. The van der Waals surface area contributed by atoms with Crippen LogP contribution in [0.3, 0.4) is 0 Å². The molecule has 15 heavy (non-hydrogen) atoms. The van der Waals surface area contributed by atoms with Crippen molar-refractivity contribution in [2.75, 3.05) is 0 Å². The molecule has 1 saturated heterocycles. The summed E-state index contributed by atoms with van der Waals surface area (Å²) in [4.78, 5) is 6.62. The highest BCUT2D eigenvalue weighted by molar-refractivity contribution is 4.90. The van der Waals surface area contributed by atoms with Crippen molar-refractivity contribution in [3.8, 4) is 0 Å². The van der Waals surface area contributed by atoms with Crippen molar-refractivity contribution < 1.29 is 4.52 Å². The van der Waals surface area contributed by atoms with E-state index in [0.29, 0.717) is 24.5 Å². The first-order valence-corrected chi connectivity index (χ1v) is 5.48. The fourth-order valence-electron chi connectivity index (χ4n) is 2.16. The number of rotatable bonds is 3. The zero-order valence-electron chi connectivity index (χ0n) is 9.31. The largest absolute Gasteiger partial charge is 0.338 e. The maximum absolute atomic E-state index is 5.42. The van der Waals surface area contributed by atoms with Gasteiger partial charge in [-0.1, -0.05) is 5.16 Å². The smallest absolute Gasteiger partial charge is 0.240 e. The molecule has 0 aromatic carbocycles. The van der Waals surface area contributed by atoms with Crippen LogP contribution in [0.5, 0.6) is 0 Å². The van der Waals surface area contributed by atoms with Crippen molar-refractivity contribution in [2.24, 2.45) is 5.73 Å². The molecule has 0 aliphatic carbocycles. The van der Waals surface area contributed by atoms with Gasteiger partial charge in [0.25, 0.3) is 0 Å². The summed E-state index contributed by atoms with van der Waals surface area (Å²) in [6.45, 7) is 5.57. The van der Waals surface area contributed by atoms with Crippen LogP contribution in [0, 0.1) is 0 Å². The molecule has 1 fully saturated rings. The molecule has 1 aromatic rings. The third-order valence-electron chi connectivity index (χ3n) is 3.14. The highest BCUT2D eigenvalue weighted by Crippen LogP contribution is 2.24. The third kappa shape index (κ3) is 2.18. The molecule has 2 atom stereocenters. The van der Waals surface area contributed by atoms with Gasteiger partial charge in [0.1, 0.15) is 0 Å². The molecule has 84 valence electrons. The standard InChI is InChI=1S/C10H18N4O/c1-7-3-4-8(2)14(7)6-9-12-10(5-11)15-13-9/h7-8H,3-6,11H2,1-2H3. The number of nitrogens with zero attached hydrogens (tertiary/aromatic N) is 3. The predicted molar refractivity (Wildman–Crippen MR) is 55.9 cm³/mol. The average Bonchev–Trinajstić information content (AvgIpc) is 2.80. The van der Waals surface area contributed by atoms with E-state index in [1.54, 1.807) is 0 Å². The maximum Gasteiger partial charge on any atom is 0.240 e. The Balaban J connectivity index is 2.01. The lowest BCUT2D eigenvalue weighted by Gasteiger charge is -2.23. The molecule has 5 nitrogen and oxygen atoms in total. The Bertz CT molecular complexity index is 315. The number of hydrogen-bond donors (Lipinski definition) is 1. The fraction of sp³-hybridized carbons (Fsp3) is 0.800. The van der Waals surface area contributed by atoms with E-state index in [4.69, 9.17) is 10.3 Å². The lowest BCUT2D eigenvalue weighted by Crippen LogP contribution is -2.32. The van der Waals surface area contributed by atoms with Gasteiger partial charge in [-0.05, 0) is 26.7 Å². The monoisotopic (exact) mass is 210 g/mol. The lowest BCUT2D eigenvalue weighted by molar-refractivity contribution is 0.197. The average molecular weight is 210 g/mol. The quantitative estimate of drug-likeness (QED) is 0.802. The molecule has 0 saturated carbocycles. The van der Waals surface area contributed by atoms with E-state index in [0.717, 1.165) is 12.4 Å². The lowest BCUT2D eigenvalue weighted by atomic mass is 10.2. The summed E-state index contributed by atoms with van der Waals surface area (Å²) in [5.41, 5.74) is 5.42. The second-order valence-corrected chi connectivity index (χ2v) is 4.26. The van der Waals surface area contributed by atoms with Crippen molar-refractivity contribution in [1.82, 2.24) is 15.0 Å². The van der Waals surface area contributed by atoms with Crippen LogP contribution >= 0.6 is 0 Å². The first kappa shape index (κ1) is 10.6. The number of nitrogens with two attached hydrogens (primary N) is 1. The van der Waals surface area contributed by atoms with E-state index < -0.39 is 0 Å². The molecule has 5 heteroatoms. The van der Waals surface area contributed by atoms with Crippen LogP contribution < -0.4 is 5.73 Å². The van der Waals surface area contributed by atoms with Crippen molar-refractivity contribution in [2.45, 2.75) is 51.9 Å². The van der Waals surface area contributed by atoms with E-state index >= 15 is 0 Å². The summed E-state index contributed by atoms with van der Waals surface area (Å²) in [5, 5.41) is 3.91. The van der Waals surface area contributed by atoms with E-state index in [-0.39, 0.29) is 0 Å². The molecule has 2 rings (SSSR count). The summed E-state index contributed by atoms with van der Waals surface area (Å²) in [6, 6.07) is 1.22. The molecular formula is C10H18N4O. The van der Waals surface area contributed by atoms with Gasteiger partial charge in [0, 0.05) is 12.1 Å². The Labute approximate surface area is 89.6 Å². The van der Waals surface area contributed by atoms with Gasteiger partial charge >= 0.3 is 0 Å². The molecule has 2 N–H and O–H groups in total. The zero-order valence-corrected chi connectivity index (χ0v) is 9.31. The van der Waals surface area contributed by atoms with Crippen LogP contribution in [0.2, 0.25) is 0 Å². The molecule has 1 aliphatic rings. The van der Waals surface area contributed by atoms with Gasteiger partial charge in [0.05, 0.1) is 13.1 Å². The van der Waals surface area contributed by atoms with Crippen LogP contribution in [0.1, 0.15) is 38.4 Å². The Morgan fingerprint density at radius 3 is 2.60 bits per heavy atom. The van der Waals surface area contributed by atoms with Gasteiger partial charge < -0.3 is 10.3 Å². The van der Waals surface area contributed by atoms with Crippen LogP contribution in [-0.4, -0.2) is 27.1 Å². The molecule has 0 spiro atoms. The molecule has 0 amide bonds. The number of likely N-dealkylation sites (tertiary alicyclic amines) is 1. The molecular weight excluding hydrogens is 192 g/mol. The van der Waals surface area contributed by atoms with Crippen molar-refractivity contribution in [1.29, 1.82) is 0 Å². The fourth-order valence-corrected chi connectivity index (χ4v) is 2.16. The minimum atomic E-state index is 0.318. The normalized spacial score (nSPS) is 27.4. The van der Waals surface area contributed by atoms with Crippen LogP contribution in [-0.2, 0) is 13.1 Å². The van der Waals surface area contributed by atoms with E-state index in [2.05, 4.69) is 28.9 Å². The second kappa shape index (κ2) is 4.28. The first-order valence-electron chi connectivity index (χ1n) is 5.48. The zero-order chi connectivity index (χ0) is 10.8. The van der Waals surface area contributed by atoms with Gasteiger partial charge in [-0.3, -0.25) is 4.90 Å². The Morgan fingerprint density at radius 1 is 1.40 bits per heavy atom. The van der Waals surface area contributed by atoms with E-state index in [1.807, 2.05) is 0 Å². The molecule has 1 aliphatic heterocycles. The topological polar surface area (TPSA) is 68.2 Å². The van der Waals surface area contributed by atoms with Crippen LogP contribution in [0.15, 0.2) is 4.52 Å². The summed E-state index contributed by atoms with van der Waals surface area (Å²) >= 11 is 0. The molecule has 1 aromatic heterocycles.